The van der Waals surface area contributed by atoms with E-state index in [-0.39, 0.29) is 5.91 Å². The highest BCUT2D eigenvalue weighted by molar-refractivity contribution is 6.03. The number of nitrogens with one attached hydrogen (secondary N) is 2. The SMILES string of the molecule is Cc1ccc(NC(=O)c2cc(NC3CC3)ncn2)cc1C. The molecule has 3 rings (SSSR count). The summed E-state index contributed by atoms with van der Waals surface area (Å²) in [6.45, 7) is 4.06. The predicted octanol–water partition coefficient (Wildman–Crippen LogP) is 2.92. The maximum Gasteiger partial charge on any atom is 0.274 e. The second-order valence-corrected chi connectivity index (χ2v) is 5.46. The first-order valence-corrected chi connectivity index (χ1v) is 7.09. The van der Waals surface area contributed by atoms with Gasteiger partial charge in [-0.2, -0.15) is 0 Å². The molecule has 2 aromatic rings. The summed E-state index contributed by atoms with van der Waals surface area (Å²) in [6.07, 6.45) is 3.74. The number of anilines is 2. The Balaban J connectivity index is 1.73. The molecule has 1 heterocycles. The van der Waals surface area contributed by atoms with Gasteiger partial charge in [0.25, 0.3) is 5.91 Å². The first-order valence-electron chi connectivity index (χ1n) is 7.09. The number of rotatable bonds is 4. The Hall–Kier alpha value is -2.43. The lowest BCUT2D eigenvalue weighted by atomic mass is 10.1. The van der Waals surface area contributed by atoms with Crippen LogP contribution in [0.5, 0.6) is 0 Å². The van der Waals surface area contributed by atoms with Crippen LogP contribution in [0.2, 0.25) is 0 Å². The highest BCUT2D eigenvalue weighted by Crippen LogP contribution is 2.23. The van der Waals surface area contributed by atoms with Gasteiger partial charge in [-0.1, -0.05) is 6.07 Å². The molecule has 5 nitrogen and oxygen atoms in total. The fourth-order valence-electron chi connectivity index (χ4n) is 2.01. The Bertz CT molecular complexity index is 680. The first kappa shape index (κ1) is 13.5. The van der Waals surface area contributed by atoms with Crippen molar-refractivity contribution in [3.63, 3.8) is 0 Å². The molecule has 0 radical (unpaired) electrons. The second-order valence-electron chi connectivity index (χ2n) is 5.46. The second kappa shape index (κ2) is 5.52. The number of benzene rings is 1. The molecule has 1 fully saturated rings. The lowest BCUT2D eigenvalue weighted by Gasteiger charge is -2.08. The van der Waals surface area contributed by atoms with Crippen LogP contribution in [0.3, 0.4) is 0 Å². The van der Waals surface area contributed by atoms with Crippen LogP contribution in [0, 0.1) is 13.8 Å². The van der Waals surface area contributed by atoms with Crippen molar-refractivity contribution in [3.8, 4) is 0 Å². The minimum atomic E-state index is -0.223. The topological polar surface area (TPSA) is 66.9 Å². The van der Waals surface area contributed by atoms with Crippen molar-refractivity contribution in [2.24, 2.45) is 0 Å². The van der Waals surface area contributed by atoms with Gasteiger partial charge in [0.2, 0.25) is 0 Å². The summed E-state index contributed by atoms with van der Waals surface area (Å²) in [5.74, 6) is 0.484. The van der Waals surface area contributed by atoms with E-state index in [9.17, 15) is 4.79 Å². The van der Waals surface area contributed by atoms with Crippen LogP contribution < -0.4 is 10.6 Å². The molecule has 1 aliphatic carbocycles. The van der Waals surface area contributed by atoms with E-state index in [0.717, 1.165) is 24.1 Å². The van der Waals surface area contributed by atoms with Gasteiger partial charge < -0.3 is 10.6 Å². The minimum Gasteiger partial charge on any atom is -0.367 e. The van der Waals surface area contributed by atoms with Gasteiger partial charge in [-0.25, -0.2) is 9.97 Å². The van der Waals surface area contributed by atoms with E-state index in [0.29, 0.717) is 17.6 Å². The monoisotopic (exact) mass is 282 g/mol. The summed E-state index contributed by atoms with van der Waals surface area (Å²) in [4.78, 5) is 20.4. The van der Waals surface area contributed by atoms with E-state index >= 15 is 0 Å². The molecule has 1 aliphatic rings. The van der Waals surface area contributed by atoms with Crippen LogP contribution in [0.1, 0.15) is 34.5 Å². The summed E-state index contributed by atoms with van der Waals surface area (Å²) in [6, 6.07) is 8.03. The van der Waals surface area contributed by atoms with E-state index in [4.69, 9.17) is 0 Å². The quantitative estimate of drug-likeness (QED) is 0.904. The van der Waals surface area contributed by atoms with E-state index < -0.39 is 0 Å². The highest BCUT2D eigenvalue weighted by atomic mass is 16.1. The van der Waals surface area contributed by atoms with Gasteiger partial charge in [0.1, 0.15) is 17.8 Å². The maximum atomic E-state index is 12.2. The Morgan fingerprint density at radius 3 is 2.67 bits per heavy atom. The van der Waals surface area contributed by atoms with Gasteiger partial charge in [-0.3, -0.25) is 4.79 Å². The van der Waals surface area contributed by atoms with Crippen LogP contribution >= 0.6 is 0 Å². The summed E-state index contributed by atoms with van der Waals surface area (Å²) in [5.41, 5.74) is 3.49. The normalized spacial score (nSPS) is 13.8. The predicted molar refractivity (Wildman–Crippen MR) is 82.5 cm³/mol. The van der Waals surface area contributed by atoms with Crippen molar-refractivity contribution in [1.82, 2.24) is 9.97 Å². The molecule has 0 atom stereocenters. The van der Waals surface area contributed by atoms with E-state index in [1.165, 1.54) is 11.9 Å². The average Bonchev–Trinajstić information content (AvgIpc) is 3.27. The van der Waals surface area contributed by atoms with Gasteiger partial charge in [0, 0.05) is 17.8 Å². The molecule has 1 aromatic heterocycles. The van der Waals surface area contributed by atoms with E-state index in [2.05, 4.69) is 20.6 Å². The van der Waals surface area contributed by atoms with Crippen molar-refractivity contribution in [3.05, 3.63) is 47.4 Å². The van der Waals surface area contributed by atoms with E-state index in [1.807, 2.05) is 32.0 Å². The van der Waals surface area contributed by atoms with Crippen LogP contribution in [-0.4, -0.2) is 21.9 Å². The van der Waals surface area contributed by atoms with Crippen LogP contribution in [-0.2, 0) is 0 Å². The molecular weight excluding hydrogens is 264 g/mol. The molecule has 108 valence electrons. The number of carbonyl (C=O) groups is 1. The Morgan fingerprint density at radius 2 is 1.95 bits per heavy atom. The number of aryl methyl sites for hydroxylation is 2. The zero-order valence-corrected chi connectivity index (χ0v) is 12.2. The lowest BCUT2D eigenvalue weighted by molar-refractivity contribution is 0.102. The number of hydrogen-bond acceptors (Lipinski definition) is 4. The third kappa shape index (κ3) is 3.37. The highest BCUT2D eigenvalue weighted by Gasteiger charge is 2.21. The third-order valence-corrected chi connectivity index (χ3v) is 3.59. The zero-order chi connectivity index (χ0) is 14.8. The molecule has 1 aromatic carbocycles. The minimum absolute atomic E-state index is 0.223. The largest absolute Gasteiger partial charge is 0.367 e. The van der Waals surface area contributed by atoms with Gasteiger partial charge in [-0.05, 0) is 49.9 Å². The maximum absolute atomic E-state index is 12.2. The number of nitrogens with zero attached hydrogens (tertiary/aromatic N) is 2. The van der Waals surface area contributed by atoms with Gasteiger partial charge >= 0.3 is 0 Å². The van der Waals surface area contributed by atoms with Gasteiger partial charge in [0.05, 0.1) is 0 Å². The molecular formula is C16H18N4O. The van der Waals surface area contributed by atoms with Crippen LogP contribution in [0.15, 0.2) is 30.6 Å². The Labute approximate surface area is 123 Å². The molecule has 1 saturated carbocycles. The smallest absolute Gasteiger partial charge is 0.274 e. The summed E-state index contributed by atoms with van der Waals surface area (Å²) in [7, 11) is 0. The fraction of sp³-hybridized carbons (Fsp3) is 0.312. The number of carbonyl (C=O) groups excluding carboxylic acids is 1. The van der Waals surface area contributed by atoms with Crippen molar-refractivity contribution >= 4 is 17.4 Å². The molecule has 5 heteroatoms. The van der Waals surface area contributed by atoms with Crippen molar-refractivity contribution in [2.75, 3.05) is 10.6 Å². The molecule has 0 unspecified atom stereocenters. The third-order valence-electron chi connectivity index (χ3n) is 3.59. The molecule has 1 amide bonds. The van der Waals surface area contributed by atoms with E-state index in [1.54, 1.807) is 6.07 Å². The first-order chi connectivity index (χ1) is 10.1. The van der Waals surface area contributed by atoms with Gasteiger partial charge in [0.15, 0.2) is 0 Å². The number of amides is 1. The molecule has 0 aliphatic heterocycles. The summed E-state index contributed by atoms with van der Waals surface area (Å²) >= 11 is 0. The lowest BCUT2D eigenvalue weighted by Crippen LogP contribution is -2.15. The summed E-state index contributed by atoms with van der Waals surface area (Å²) < 4.78 is 0. The van der Waals surface area contributed by atoms with Crippen molar-refractivity contribution < 1.29 is 4.79 Å². The standard InChI is InChI=1S/C16H18N4O/c1-10-3-4-13(7-11(10)2)20-16(21)14-8-15(18-9-17-14)19-12-5-6-12/h3-4,7-9,12H,5-6H2,1-2H3,(H,20,21)(H,17,18,19). The van der Waals surface area contributed by atoms with Crippen LogP contribution in [0.25, 0.3) is 0 Å². The molecule has 0 saturated heterocycles. The van der Waals surface area contributed by atoms with Gasteiger partial charge in [-0.15, -0.1) is 0 Å². The average molecular weight is 282 g/mol. The Morgan fingerprint density at radius 1 is 1.14 bits per heavy atom. The molecule has 0 spiro atoms. The number of hydrogen-bond donors (Lipinski definition) is 2. The van der Waals surface area contributed by atoms with Crippen LogP contribution in [0.4, 0.5) is 11.5 Å². The molecule has 2 N–H and O–H groups in total. The van der Waals surface area contributed by atoms with Crippen molar-refractivity contribution in [1.29, 1.82) is 0 Å². The number of aromatic nitrogens is 2. The fourth-order valence-corrected chi connectivity index (χ4v) is 2.01. The Kier molecular flexibility index (Phi) is 3.56. The summed E-state index contributed by atoms with van der Waals surface area (Å²) in [5, 5.41) is 6.13. The van der Waals surface area contributed by atoms with Crippen molar-refractivity contribution in [2.45, 2.75) is 32.7 Å². The molecule has 21 heavy (non-hydrogen) atoms. The zero-order valence-electron chi connectivity index (χ0n) is 12.2. The molecule has 0 bridgehead atoms.